The number of aromatic nitrogens is 2. The van der Waals surface area contributed by atoms with Crippen LogP contribution in [-0.4, -0.2) is 9.97 Å². The molecule has 0 saturated heterocycles. The Balaban J connectivity index is 2.60. The van der Waals surface area contributed by atoms with Gasteiger partial charge in [0.25, 0.3) is 0 Å². The molecule has 2 aromatic rings. The van der Waals surface area contributed by atoms with Crippen LogP contribution < -0.4 is 5.73 Å². The number of thiophene rings is 1. The predicted molar refractivity (Wildman–Crippen MR) is 50.0 cm³/mol. The van der Waals surface area contributed by atoms with E-state index in [2.05, 4.69) is 9.97 Å². The van der Waals surface area contributed by atoms with Crippen LogP contribution in [-0.2, 0) is 0 Å². The molecule has 2 heterocycles. The Morgan fingerprint density at radius 3 is 3.17 bits per heavy atom. The molecule has 0 aliphatic carbocycles. The minimum Gasteiger partial charge on any atom is -0.322 e. The van der Waals surface area contributed by atoms with Gasteiger partial charge >= 0.3 is 0 Å². The van der Waals surface area contributed by atoms with Crippen LogP contribution in [0.3, 0.4) is 0 Å². The van der Waals surface area contributed by atoms with Crippen molar-refractivity contribution in [2.24, 2.45) is 5.73 Å². The average molecular weight is 179 g/mol. The number of rotatable bonds is 1. The molecule has 4 heteroatoms. The molecule has 2 N–H and O–H groups in total. The zero-order valence-corrected chi connectivity index (χ0v) is 7.51. The molecule has 3 nitrogen and oxygen atoms in total. The zero-order chi connectivity index (χ0) is 8.55. The van der Waals surface area contributed by atoms with Crippen LogP contribution in [0, 0.1) is 0 Å². The van der Waals surface area contributed by atoms with Crippen LogP contribution in [0.1, 0.15) is 18.8 Å². The molecule has 0 amide bonds. The highest BCUT2D eigenvalue weighted by molar-refractivity contribution is 7.17. The first-order valence-corrected chi connectivity index (χ1v) is 4.61. The first-order chi connectivity index (χ1) is 5.77. The second-order valence-corrected chi connectivity index (χ2v) is 3.63. The molecule has 0 aliphatic rings. The van der Waals surface area contributed by atoms with Gasteiger partial charge in [-0.15, -0.1) is 11.3 Å². The van der Waals surface area contributed by atoms with Crippen molar-refractivity contribution in [2.45, 2.75) is 13.0 Å². The third kappa shape index (κ3) is 1.19. The van der Waals surface area contributed by atoms with Crippen molar-refractivity contribution < 1.29 is 0 Å². The molecule has 0 fully saturated rings. The van der Waals surface area contributed by atoms with Crippen LogP contribution in [0.25, 0.3) is 10.2 Å². The molecule has 0 saturated carbocycles. The van der Waals surface area contributed by atoms with Gasteiger partial charge in [0, 0.05) is 6.20 Å². The Morgan fingerprint density at radius 1 is 1.58 bits per heavy atom. The molecule has 0 bridgehead atoms. The monoisotopic (exact) mass is 179 g/mol. The second kappa shape index (κ2) is 2.80. The van der Waals surface area contributed by atoms with Gasteiger partial charge in [-0.25, -0.2) is 9.97 Å². The molecule has 1 unspecified atom stereocenters. The van der Waals surface area contributed by atoms with Crippen molar-refractivity contribution in [3.05, 3.63) is 23.5 Å². The maximum atomic E-state index is 5.65. The van der Waals surface area contributed by atoms with E-state index in [1.165, 1.54) is 0 Å². The summed E-state index contributed by atoms with van der Waals surface area (Å²) in [5.74, 6) is 0.709. The number of fused-ring (bicyclic) bond motifs is 1. The maximum absolute atomic E-state index is 5.65. The number of hydrogen-bond acceptors (Lipinski definition) is 4. The summed E-state index contributed by atoms with van der Waals surface area (Å²) in [7, 11) is 0. The Morgan fingerprint density at radius 2 is 2.42 bits per heavy atom. The summed E-state index contributed by atoms with van der Waals surface area (Å²) in [6, 6.07) is 1.89. The fraction of sp³-hybridized carbons (Fsp3) is 0.250. The zero-order valence-electron chi connectivity index (χ0n) is 6.69. The molecule has 2 aromatic heterocycles. The molecule has 0 aromatic carbocycles. The van der Waals surface area contributed by atoms with Crippen molar-refractivity contribution in [3.63, 3.8) is 0 Å². The van der Waals surface area contributed by atoms with Crippen molar-refractivity contribution in [2.75, 3.05) is 0 Å². The van der Waals surface area contributed by atoms with Gasteiger partial charge in [-0.3, -0.25) is 0 Å². The lowest BCUT2D eigenvalue weighted by molar-refractivity contribution is 0.747. The van der Waals surface area contributed by atoms with Gasteiger partial charge in [0.2, 0.25) is 0 Å². The van der Waals surface area contributed by atoms with Gasteiger partial charge < -0.3 is 5.73 Å². The Labute approximate surface area is 74.3 Å². The van der Waals surface area contributed by atoms with E-state index in [1.807, 2.05) is 24.6 Å². The van der Waals surface area contributed by atoms with Gasteiger partial charge in [0.05, 0.1) is 16.3 Å². The topological polar surface area (TPSA) is 51.8 Å². The quantitative estimate of drug-likeness (QED) is 0.725. The highest BCUT2D eigenvalue weighted by Gasteiger charge is 2.03. The van der Waals surface area contributed by atoms with Crippen molar-refractivity contribution >= 4 is 21.6 Å². The van der Waals surface area contributed by atoms with E-state index in [0.29, 0.717) is 5.82 Å². The highest BCUT2D eigenvalue weighted by atomic mass is 32.1. The summed E-state index contributed by atoms with van der Waals surface area (Å²) in [4.78, 5) is 8.46. The minimum absolute atomic E-state index is 0.0886. The van der Waals surface area contributed by atoms with Crippen molar-refractivity contribution in [1.29, 1.82) is 0 Å². The maximum Gasteiger partial charge on any atom is 0.145 e. The summed E-state index contributed by atoms with van der Waals surface area (Å²) in [5.41, 5.74) is 6.64. The largest absolute Gasteiger partial charge is 0.322 e. The summed E-state index contributed by atoms with van der Waals surface area (Å²) < 4.78 is 1.11. The lowest BCUT2D eigenvalue weighted by Crippen LogP contribution is -2.09. The molecule has 12 heavy (non-hydrogen) atoms. The average Bonchev–Trinajstić information content (AvgIpc) is 2.49. The van der Waals surface area contributed by atoms with E-state index < -0.39 is 0 Å². The van der Waals surface area contributed by atoms with Gasteiger partial charge in [-0.2, -0.15) is 0 Å². The van der Waals surface area contributed by atoms with E-state index in [0.717, 1.165) is 10.2 Å². The summed E-state index contributed by atoms with van der Waals surface area (Å²) in [6.07, 6.45) is 1.83. The number of nitrogens with zero attached hydrogens (tertiary/aromatic N) is 2. The molecule has 1 atom stereocenters. The third-order valence-corrected chi connectivity index (χ3v) is 2.47. The van der Waals surface area contributed by atoms with E-state index in [1.54, 1.807) is 11.3 Å². The lowest BCUT2D eigenvalue weighted by atomic mass is 10.3. The van der Waals surface area contributed by atoms with E-state index in [9.17, 15) is 0 Å². The highest BCUT2D eigenvalue weighted by Crippen LogP contribution is 2.18. The summed E-state index contributed by atoms with van der Waals surface area (Å²) in [5, 5.41) is 2.00. The van der Waals surface area contributed by atoms with Gasteiger partial charge in [-0.05, 0) is 18.4 Å². The molecular weight excluding hydrogens is 170 g/mol. The van der Waals surface area contributed by atoms with E-state index in [-0.39, 0.29) is 6.04 Å². The van der Waals surface area contributed by atoms with Crippen LogP contribution in [0.15, 0.2) is 17.6 Å². The Bertz CT molecular complexity index is 394. The second-order valence-electron chi connectivity index (χ2n) is 2.69. The fourth-order valence-electron chi connectivity index (χ4n) is 1.000. The van der Waals surface area contributed by atoms with Crippen molar-refractivity contribution in [1.82, 2.24) is 9.97 Å². The Hall–Kier alpha value is -1.00. The SMILES string of the molecule is CC(N)c1ncc2sccc2n1. The van der Waals surface area contributed by atoms with Crippen molar-refractivity contribution in [3.8, 4) is 0 Å². The third-order valence-electron chi connectivity index (χ3n) is 1.63. The van der Waals surface area contributed by atoms with E-state index in [4.69, 9.17) is 5.73 Å². The van der Waals surface area contributed by atoms with Crippen LogP contribution >= 0.6 is 11.3 Å². The standard InChI is InChI=1S/C8H9N3S/c1-5(9)8-10-4-7-6(11-8)2-3-12-7/h2-5H,9H2,1H3. The number of hydrogen-bond donors (Lipinski definition) is 1. The van der Waals surface area contributed by atoms with Crippen LogP contribution in [0.2, 0.25) is 0 Å². The fourth-order valence-corrected chi connectivity index (χ4v) is 1.69. The van der Waals surface area contributed by atoms with E-state index >= 15 is 0 Å². The number of nitrogens with two attached hydrogens (primary N) is 1. The van der Waals surface area contributed by atoms with Crippen LogP contribution in [0.5, 0.6) is 0 Å². The normalized spacial score (nSPS) is 13.5. The molecule has 0 spiro atoms. The lowest BCUT2D eigenvalue weighted by Gasteiger charge is -2.01. The molecule has 62 valence electrons. The summed E-state index contributed by atoms with van der Waals surface area (Å²) in [6.45, 7) is 1.88. The van der Waals surface area contributed by atoms with Crippen LogP contribution in [0.4, 0.5) is 0 Å². The Kier molecular flexibility index (Phi) is 1.78. The van der Waals surface area contributed by atoms with Gasteiger partial charge in [0.15, 0.2) is 0 Å². The molecule has 0 radical (unpaired) electrons. The first-order valence-electron chi connectivity index (χ1n) is 3.73. The summed E-state index contributed by atoms with van der Waals surface area (Å²) >= 11 is 1.64. The van der Waals surface area contributed by atoms with Gasteiger partial charge in [0.1, 0.15) is 5.82 Å². The minimum atomic E-state index is -0.0886. The molecule has 0 aliphatic heterocycles. The van der Waals surface area contributed by atoms with Gasteiger partial charge in [-0.1, -0.05) is 0 Å². The molecular formula is C8H9N3S. The predicted octanol–water partition coefficient (Wildman–Crippen LogP) is 1.71. The molecule has 2 rings (SSSR count). The smallest absolute Gasteiger partial charge is 0.145 e. The first kappa shape index (κ1) is 7.64.